The molecule has 0 fully saturated rings. The van der Waals surface area contributed by atoms with Gasteiger partial charge in [-0.2, -0.15) is 5.26 Å². The summed E-state index contributed by atoms with van der Waals surface area (Å²) in [6, 6.07) is 4.57. The van der Waals surface area contributed by atoms with Crippen molar-refractivity contribution in [3.8, 4) is 6.19 Å². The fourth-order valence-electron chi connectivity index (χ4n) is 1.55. The number of para-hydroxylation sites is 1. The fourth-order valence-corrected chi connectivity index (χ4v) is 2.80. The van der Waals surface area contributed by atoms with Gasteiger partial charge in [0.1, 0.15) is 10.4 Å². The normalized spacial score (nSPS) is 11.9. The average molecular weight is 285 g/mol. The van der Waals surface area contributed by atoms with E-state index in [-0.39, 0.29) is 15.7 Å². The maximum atomic E-state index is 12.1. The molecule has 1 aromatic carbocycles. The third kappa shape index (κ3) is 1.75. The smallest absolute Gasteiger partial charge is 0.218 e. The molecule has 0 atom stereocenters. The van der Waals surface area contributed by atoms with Crippen LogP contribution in [-0.2, 0) is 10.0 Å². The van der Waals surface area contributed by atoms with E-state index in [9.17, 15) is 8.42 Å². The molecule has 0 saturated heterocycles. The van der Waals surface area contributed by atoms with Gasteiger partial charge in [0, 0.05) is 14.1 Å². The van der Waals surface area contributed by atoms with Crippen molar-refractivity contribution in [1.82, 2.24) is 13.9 Å². The maximum Gasteiger partial charge on any atom is 0.244 e. The monoisotopic (exact) mass is 284 g/mol. The minimum Gasteiger partial charge on any atom is -0.218 e. The van der Waals surface area contributed by atoms with Crippen LogP contribution in [0.4, 0.5) is 0 Å². The number of nitriles is 1. The molecule has 6 nitrogen and oxygen atoms in total. The van der Waals surface area contributed by atoms with Gasteiger partial charge in [-0.1, -0.05) is 6.07 Å². The highest BCUT2D eigenvalue weighted by molar-refractivity contribution is 7.89. The molecule has 0 aliphatic rings. The summed E-state index contributed by atoms with van der Waals surface area (Å²) in [4.78, 5) is 3.96. The standard InChI is InChI=1S/C10H9ClN4O2S/c1-14(2)18(16,17)8-5-3-4-7-9(8)13-10(11)15(7)6-12/h3-5H,1-2H3. The lowest BCUT2D eigenvalue weighted by molar-refractivity contribution is 0.521. The van der Waals surface area contributed by atoms with E-state index in [1.807, 2.05) is 6.19 Å². The highest BCUT2D eigenvalue weighted by atomic mass is 35.5. The van der Waals surface area contributed by atoms with Crippen LogP contribution >= 0.6 is 11.6 Å². The largest absolute Gasteiger partial charge is 0.244 e. The lowest BCUT2D eigenvalue weighted by atomic mass is 10.3. The molecule has 18 heavy (non-hydrogen) atoms. The second-order valence-electron chi connectivity index (χ2n) is 3.73. The number of sulfonamides is 1. The van der Waals surface area contributed by atoms with E-state index in [1.165, 1.54) is 20.2 Å². The Morgan fingerprint density at radius 2 is 2.11 bits per heavy atom. The Hall–Kier alpha value is -1.62. The number of rotatable bonds is 2. The molecule has 0 bridgehead atoms. The van der Waals surface area contributed by atoms with E-state index in [4.69, 9.17) is 16.9 Å². The summed E-state index contributed by atoms with van der Waals surface area (Å²) in [7, 11) is -0.770. The molecule has 0 N–H and O–H groups in total. The van der Waals surface area contributed by atoms with Gasteiger partial charge in [-0.15, -0.1) is 0 Å². The molecule has 0 unspecified atom stereocenters. The van der Waals surface area contributed by atoms with Crippen LogP contribution in [0.15, 0.2) is 23.1 Å². The topological polar surface area (TPSA) is 79.0 Å². The number of fused-ring (bicyclic) bond motifs is 1. The Labute approximate surface area is 109 Å². The van der Waals surface area contributed by atoms with Gasteiger partial charge in [0.2, 0.25) is 15.3 Å². The van der Waals surface area contributed by atoms with E-state index in [1.54, 1.807) is 12.1 Å². The van der Waals surface area contributed by atoms with Crippen molar-refractivity contribution in [2.45, 2.75) is 4.90 Å². The van der Waals surface area contributed by atoms with Crippen LogP contribution < -0.4 is 0 Å². The van der Waals surface area contributed by atoms with Gasteiger partial charge >= 0.3 is 0 Å². The fraction of sp³-hybridized carbons (Fsp3) is 0.200. The Balaban J connectivity index is 2.89. The van der Waals surface area contributed by atoms with Crippen molar-refractivity contribution < 1.29 is 8.42 Å². The molecule has 1 aromatic heterocycles. The average Bonchev–Trinajstić information content (AvgIpc) is 2.63. The quantitative estimate of drug-likeness (QED) is 0.832. The summed E-state index contributed by atoms with van der Waals surface area (Å²) in [5.41, 5.74) is 0.558. The molecular formula is C10H9ClN4O2S. The number of hydrogen-bond donors (Lipinski definition) is 0. The Bertz CT molecular complexity index is 758. The first-order chi connectivity index (χ1) is 8.39. The summed E-state index contributed by atoms with van der Waals surface area (Å²) in [6.45, 7) is 0. The molecule has 0 saturated carbocycles. The summed E-state index contributed by atoms with van der Waals surface area (Å²) >= 11 is 5.79. The van der Waals surface area contributed by atoms with Crippen LogP contribution in [-0.4, -0.2) is 36.4 Å². The molecule has 0 spiro atoms. The second kappa shape index (κ2) is 4.24. The van der Waals surface area contributed by atoms with Crippen LogP contribution in [0.3, 0.4) is 0 Å². The van der Waals surface area contributed by atoms with Crippen molar-refractivity contribution in [1.29, 1.82) is 5.26 Å². The van der Waals surface area contributed by atoms with Crippen molar-refractivity contribution >= 4 is 32.7 Å². The maximum absolute atomic E-state index is 12.1. The van der Waals surface area contributed by atoms with E-state index in [0.29, 0.717) is 5.52 Å². The van der Waals surface area contributed by atoms with Crippen LogP contribution in [0.5, 0.6) is 0 Å². The summed E-state index contributed by atoms with van der Waals surface area (Å²) in [5.74, 6) is 0. The predicted molar refractivity (Wildman–Crippen MR) is 66.6 cm³/mol. The van der Waals surface area contributed by atoms with Crippen LogP contribution in [0.1, 0.15) is 0 Å². The van der Waals surface area contributed by atoms with Crippen molar-refractivity contribution in [3.05, 3.63) is 23.5 Å². The summed E-state index contributed by atoms with van der Waals surface area (Å²) in [5, 5.41) is 8.88. The van der Waals surface area contributed by atoms with Gasteiger partial charge < -0.3 is 0 Å². The summed E-state index contributed by atoms with van der Waals surface area (Å²) < 4.78 is 26.4. The van der Waals surface area contributed by atoms with Gasteiger partial charge in [-0.3, -0.25) is 0 Å². The number of aromatic nitrogens is 2. The Kier molecular flexibility index (Phi) is 3.02. The zero-order chi connectivity index (χ0) is 13.5. The van der Waals surface area contributed by atoms with E-state index in [2.05, 4.69) is 4.98 Å². The van der Waals surface area contributed by atoms with Gasteiger partial charge in [-0.05, 0) is 23.7 Å². The molecule has 94 valence electrons. The molecule has 1 heterocycles. The number of nitrogens with zero attached hydrogens (tertiary/aromatic N) is 4. The molecule has 0 amide bonds. The van der Waals surface area contributed by atoms with E-state index in [0.717, 1.165) is 8.87 Å². The van der Waals surface area contributed by atoms with Crippen LogP contribution in [0.2, 0.25) is 5.28 Å². The molecule has 0 aliphatic carbocycles. The van der Waals surface area contributed by atoms with Gasteiger partial charge in [0.25, 0.3) is 0 Å². The summed E-state index contributed by atoms with van der Waals surface area (Å²) in [6.07, 6.45) is 1.84. The van der Waals surface area contributed by atoms with Crippen molar-refractivity contribution in [2.24, 2.45) is 0 Å². The second-order valence-corrected chi connectivity index (χ2v) is 6.19. The van der Waals surface area contributed by atoms with Gasteiger partial charge in [0.15, 0.2) is 6.19 Å². The van der Waals surface area contributed by atoms with Gasteiger partial charge in [0.05, 0.1) is 5.52 Å². The van der Waals surface area contributed by atoms with Crippen LogP contribution in [0, 0.1) is 11.5 Å². The molecule has 0 radical (unpaired) electrons. The minimum absolute atomic E-state index is 0.0286. The van der Waals surface area contributed by atoms with Crippen LogP contribution in [0.25, 0.3) is 11.0 Å². The molecule has 2 aromatic rings. The van der Waals surface area contributed by atoms with E-state index >= 15 is 0 Å². The molecule has 8 heteroatoms. The minimum atomic E-state index is -3.63. The zero-order valence-electron chi connectivity index (χ0n) is 9.62. The molecule has 2 rings (SSSR count). The van der Waals surface area contributed by atoms with Gasteiger partial charge in [-0.25, -0.2) is 22.3 Å². The first-order valence-corrected chi connectivity index (χ1v) is 6.71. The number of imidazole rings is 1. The predicted octanol–water partition coefficient (Wildman–Crippen LogP) is 1.27. The lowest BCUT2D eigenvalue weighted by Gasteiger charge is -2.11. The Morgan fingerprint density at radius 1 is 1.44 bits per heavy atom. The number of hydrogen-bond acceptors (Lipinski definition) is 4. The van der Waals surface area contributed by atoms with Crippen molar-refractivity contribution in [2.75, 3.05) is 14.1 Å². The molecule has 0 aliphatic heterocycles. The highest BCUT2D eigenvalue weighted by Crippen LogP contribution is 2.26. The number of benzene rings is 1. The molecular weight excluding hydrogens is 276 g/mol. The van der Waals surface area contributed by atoms with E-state index < -0.39 is 10.0 Å². The third-order valence-electron chi connectivity index (χ3n) is 2.47. The highest BCUT2D eigenvalue weighted by Gasteiger charge is 2.23. The zero-order valence-corrected chi connectivity index (χ0v) is 11.2. The number of halogens is 1. The first kappa shape index (κ1) is 12.8. The SMILES string of the molecule is CN(C)S(=O)(=O)c1cccc2c1nc(Cl)n2C#N. The Morgan fingerprint density at radius 3 is 2.67 bits per heavy atom. The first-order valence-electron chi connectivity index (χ1n) is 4.89. The lowest BCUT2D eigenvalue weighted by Crippen LogP contribution is -2.22. The third-order valence-corrected chi connectivity index (χ3v) is 4.57. The van der Waals surface area contributed by atoms with Crippen molar-refractivity contribution in [3.63, 3.8) is 0 Å².